The summed E-state index contributed by atoms with van der Waals surface area (Å²) in [7, 11) is -2.51. The fourth-order valence-electron chi connectivity index (χ4n) is 3.55. The summed E-state index contributed by atoms with van der Waals surface area (Å²) in [6.07, 6.45) is 3.83. The quantitative estimate of drug-likeness (QED) is 0.741. The van der Waals surface area contributed by atoms with Crippen molar-refractivity contribution in [2.45, 2.75) is 43.5 Å². The van der Waals surface area contributed by atoms with Crippen molar-refractivity contribution in [1.82, 2.24) is 4.72 Å². The average molecular weight is 421 g/mol. The molecule has 3 rings (SSSR count). The van der Waals surface area contributed by atoms with Crippen molar-refractivity contribution in [3.8, 4) is 5.75 Å². The third-order valence-electron chi connectivity index (χ3n) is 5.22. The molecule has 0 spiro atoms. The van der Waals surface area contributed by atoms with Crippen molar-refractivity contribution in [3.05, 3.63) is 53.8 Å². The highest BCUT2D eigenvalue weighted by atomic mass is 32.2. The van der Waals surface area contributed by atoms with E-state index in [9.17, 15) is 17.6 Å². The van der Waals surface area contributed by atoms with Crippen molar-refractivity contribution >= 4 is 21.6 Å². The third-order valence-corrected chi connectivity index (χ3v) is 6.73. The van der Waals surface area contributed by atoms with Gasteiger partial charge in [-0.1, -0.05) is 25.8 Å². The molecule has 8 heteroatoms. The fourth-order valence-corrected chi connectivity index (χ4v) is 5.13. The van der Waals surface area contributed by atoms with E-state index in [4.69, 9.17) is 4.74 Å². The van der Waals surface area contributed by atoms with Gasteiger partial charge < -0.3 is 10.1 Å². The van der Waals surface area contributed by atoms with E-state index in [1.165, 1.54) is 43.5 Å². The lowest BCUT2D eigenvalue weighted by atomic mass is 9.87. The maximum absolute atomic E-state index is 13.3. The average Bonchev–Trinajstić information content (AvgIpc) is 2.69. The Morgan fingerprint density at radius 3 is 2.59 bits per heavy atom. The summed E-state index contributed by atoms with van der Waals surface area (Å²) < 4.78 is 47.4. The molecule has 0 heterocycles. The molecule has 0 bridgehead atoms. The molecule has 0 unspecified atom stereocenters. The lowest BCUT2D eigenvalue weighted by molar-refractivity contribution is 0.102. The van der Waals surface area contributed by atoms with Crippen LogP contribution in [0.3, 0.4) is 0 Å². The van der Waals surface area contributed by atoms with Gasteiger partial charge in [-0.25, -0.2) is 17.5 Å². The highest BCUT2D eigenvalue weighted by Gasteiger charge is 2.29. The first-order valence-corrected chi connectivity index (χ1v) is 11.1. The van der Waals surface area contributed by atoms with Crippen LogP contribution in [0.25, 0.3) is 0 Å². The molecule has 0 saturated heterocycles. The first kappa shape index (κ1) is 21.3. The van der Waals surface area contributed by atoms with Crippen LogP contribution >= 0.6 is 0 Å². The van der Waals surface area contributed by atoms with Crippen LogP contribution < -0.4 is 14.8 Å². The summed E-state index contributed by atoms with van der Waals surface area (Å²) in [6.45, 7) is 2.03. The van der Waals surface area contributed by atoms with Gasteiger partial charge >= 0.3 is 0 Å². The van der Waals surface area contributed by atoms with Crippen LogP contribution in [-0.2, 0) is 10.0 Å². The molecule has 1 aliphatic carbocycles. The predicted octanol–water partition coefficient (Wildman–Crippen LogP) is 3.94. The van der Waals surface area contributed by atoms with Gasteiger partial charge in [0.15, 0.2) is 0 Å². The largest absolute Gasteiger partial charge is 0.495 e. The molecule has 156 valence electrons. The van der Waals surface area contributed by atoms with E-state index < -0.39 is 21.7 Å². The van der Waals surface area contributed by atoms with Crippen LogP contribution in [0, 0.1) is 11.7 Å². The van der Waals surface area contributed by atoms with Gasteiger partial charge in [-0.2, -0.15) is 0 Å². The number of ether oxygens (including phenoxy) is 1. The van der Waals surface area contributed by atoms with Crippen LogP contribution in [0.2, 0.25) is 0 Å². The van der Waals surface area contributed by atoms with Gasteiger partial charge in [-0.15, -0.1) is 0 Å². The summed E-state index contributed by atoms with van der Waals surface area (Å²) in [5.41, 5.74) is 0.413. The topological polar surface area (TPSA) is 84.5 Å². The molecule has 0 radical (unpaired) electrons. The minimum absolute atomic E-state index is 0.0929. The Labute approximate surface area is 170 Å². The Hall–Kier alpha value is -2.45. The van der Waals surface area contributed by atoms with E-state index in [0.717, 1.165) is 25.7 Å². The Morgan fingerprint density at radius 2 is 1.90 bits per heavy atom. The van der Waals surface area contributed by atoms with E-state index in [2.05, 4.69) is 10.0 Å². The molecular weight excluding hydrogens is 395 g/mol. The number of sulfonamides is 1. The number of rotatable bonds is 6. The number of methoxy groups -OCH3 is 1. The summed E-state index contributed by atoms with van der Waals surface area (Å²) in [4.78, 5) is 12.5. The molecule has 29 heavy (non-hydrogen) atoms. The molecule has 2 atom stereocenters. The first-order valence-electron chi connectivity index (χ1n) is 9.57. The maximum atomic E-state index is 13.3. The zero-order valence-corrected chi connectivity index (χ0v) is 17.3. The van der Waals surface area contributed by atoms with Gasteiger partial charge in [0.2, 0.25) is 10.0 Å². The van der Waals surface area contributed by atoms with E-state index >= 15 is 0 Å². The van der Waals surface area contributed by atoms with E-state index in [0.29, 0.717) is 0 Å². The number of benzene rings is 2. The molecule has 1 amide bonds. The minimum atomic E-state index is -3.89. The van der Waals surface area contributed by atoms with Crippen molar-refractivity contribution < 1.29 is 22.3 Å². The third kappa shape index (κ3) is 5.13. The molecule has 2 aromatic carbocycles. The molecule has 1 fully saturated rings. The second kappa shape index (κ2) is 8.92. The highest BCUT2D eigenvalue weighted by molar-refractivity contribution is 7.89. The number of carbonyl (C=O) groups excluding carboxylic acids is 1. The monoisotopic (exact) mass is 420 g/mol. The molecule has 0 aromatic heterocycles. The molecule has 1 aliphatic rings. The number of nitrogens with one attached hydrogen (secondary N) is 2. The molecule has 6 nitrogen and oxygen atoms in total. The number of anilines is 1. The second-order valence-corrected chi connectivity index (χ2v) is 9.00. The number of halogens is 1. The van der Waals surface area contributed by atoms with E-state index in [1.807, 2.05) is 6.92 Å². The van der Waals surface area contributed by atoms with Crippen LogP contribution in [0.5, 0.6) is 5.75 Å². The Morgan fingerprint density at radius 1 is 1.14 bits per heavy atom. The highest BCUT2D eigenvalue weighted by Crippen LogP contribution is 2.29. The van der Waals surface area contributed by atoms with Crippen molar-refractivity contribution in [2.24, 2.45) is 5.92 Å². The van der Waals surface area contributed by atoms with Crippen LogP contribution in [0.1, 0.15) is 43.0 Å². The van der Waals surface area contributed by atoms with Crippen LogP contribution in [0.15, 0.2) is 47.4 Å². The number of amides is 1. The lowest BCUT2D eigenvalue weighted by Gasteiger charge is -2.29. The van der Waals surface area contributed by atoms with E-state index in [1.54, 1.807) is 6.07 Å². The summed E-state index contributed by atoms with van der Waals surface area (Å²) in [5.74, 6) is -0.625. The number of hydrogen-bond acceptors (Lipinski definition) is 4. The van der Waals surface area contributed by atoms with Gasteiger partial charge in [-0.3, -0.25) is 4.79 Å². The zero-order valence-electron chi connectivity index (χ0n) is 16.4. The predicted molar refractivity (Wildman–Crippen MR) is 109 cm³/mol. The number of carbonyl (C=O) groups is 1. The maximum Gasteiger partial charge on any atom is 0.255 e. The first-order chi connectivity index (χ1) is 13.8. The summed E-state index contributed by atoms with van der Waals surface area (Å²) >= 11 is 0. The van der Waals surface area contributed by atoms with Crippen molar-refractivity contribution in [1.29, 1.82) is 0 Å². The molecular formula is C21H25FN2O4S. The van der Waals surface area contributed by atoms with Gasteiger partial charge in [-0.05, 0) is 55.2 Å². The minimum Gasteiger partial charge on any atom is -0.495 e. The van der Waals surface area contributed by atoms with Gasteiger partial charge in [0.05, 0.1) is 7.11 Å². The fraction of sp³-hybridized carbons (Fsp3) is 0.381. The second-order valence-electron chi connectivity index (χ2n) is 7.32. The standard InChI is InChI=1S/C21H25FN2O4S/c1-14-6-3-4-9-18(14)24-29(26,27)20-12-15(10-11-19(20)28-2)21(25)23-17-8-5-7-16(22)13-17/h5,7-8,10-14,18,24H,3-4,6,9H2,1-2H3,(H,23,25)/t14-,18-/m0/s1. The number of hydrogen-bond donors (Lipinski definition) is 2. The smallest absolute Gasteiger partial charge is 0.255 e. The Bertz CT molecular complexity index is 994. The molecule has 2 N–H and O–H groups in total. The SMILES string of the molecule is COc1ccc(C(=O)Nc2cccc(F)c2)cc1S(=O)(=O)N[C@H]1CCCC[C@@H]1C. The molecule has 0 aliphatic heterocycles. The van der Waals surface area contributed by atoms with Gasteiger partial charge in [0, 0.05) is 17.3 Å². The van der Waals surface area contributed by atoms with Crippen molar-refractivity contribution in [3.63, 3.8) is 0 Å². The summed E-state index contributed by atoms with van der Waals surface area (Å²) in [6, 6.07) is 9.52. The van der Waals surface area contributed by atoms with Crippen molar-refractivity contribution in [2.75, 3.05) is 12.4 Å². The molecule has 1 saturated carbocycles. The molecule has 2 aromatic rings. The normalized spacial score (nSPS) is 19.6. The van der Waals surface area contributed by atoms with Crippen LogP contribution in [0.4, 0.5) is 10.1 Å². The van der Waals surface area contributed by atoms with Gasteiger partial charge in [0.25, 0.3) is 5.91 Å². The van der Waals surface area contributed by atoms with E-state index in [-0.39, 0.29) is 33.9 Å². The Balaban J connectivity index is 1.87. The summed E-state index contributed by atoms with van der Waals surface area (Å²) in [5, 5.41) is 2.57. The zero-order chi connectivity index (χ0) is 21.0. The lowest BCUT2D eigenvalue weighted by Crippen LogP contribution is -2.41. The van der Waals surface area contributed by atoms with Crippen LogP contribution in [-0.4, -0.2) is 27.5 Å². The Kier molecular flexibility index (Phi) is 6.54. The van der Waals surface area contributed by atoms with Gasteiger partial charge in [0.1, 0.15) is 16.5 Å².